The summed E-state index contributed by atoms with van der Waals surface area (Å²) in [6.45, 7) is 8.69. The van der Waals surface area contributed by atoms with Crippen molar-refractivity contribution in [2.45, 2.75) is 83.8 Å². The molecule has 4 rings (SSSR count). The molecule has 36 heavy (non-hydrogen) atoms. The monoisotopic (exact) mass is 520 g/mol. The Labute approximate surface area is 217 Å². The lowest BCUT2D eigenvalue weighted by atomic mass is 9.46. The number of hydrogen-bond acceptors (Lipinski definition) is 7. The third-order valence-electron chi connectivity index (χ3n) is 9.65. The summed E-state index contributed by atoms with van der Waals surface area (Å²) in [5.74, 6) is -2.44. The van der Waals surface area contributed by atoms with Gasteiger partial charge < -0.3 is 14.6 Å². The van der Waals surface area contributed by atoms with Crippen LogP contribution in [0.3, 0.4) is 0 Å². The molecule has 4 aliphatic rings. The summed E-state index contributed by atoms with van der Waals surface area (Å²) in [5, 5.41) is 11.4. The maximum absolute atomic E-state index is 13.9. The van der Waals surface area contributed by atoms with Gasteiger partial charge >= 0.3 is 11.9 Å². The molecule has 0 heterocycles. The van der Waals surface area contributed by atoms with Gasteiger partial charge in [-0.1, -0.05) is 46.3 Å². The number of aliphatic hydroxyl groups excluding tert-OH is 1. The van der Waals surface area contributed by atoms with Crippen LogP contribution in [0.2, 0.25) is 0 Å². The molecule has 1 N–H and O–H groups in total. The van der Waals surface area contributed by atoms with Gasteiger partial charge in [-0.05, 0) is 43.3 Å². The number of carbonyl (C=O) groups is 4. The number of carbonyl (C=O) groups excluding carboxylic acids is 4. The summed E-state index contributed by atoms with van der Waals surface area (Å²) in [4.78, 5) is 50.5. The zero-order valence-electron chi connectivity index (χ0n) is 21.7. The fourth-order valence-corrected chi connectivity index (χ4v) is 8.54. The smallest absolute Gasteiger partial charge is 0.306 e. The van der Waals surface area contributed by atoms with Crippen LogP contribution < -0.4 is 0 Å². The van der Waals surface area contributed by atoms with Gasteiger partial charge in [-0.15, -0.1) is 11.6 Å². The van der Waals surface area contributed by atoms with E-state index in [1.54, 1.807) is 26.0 Å². The summed E-state index contributed by atoms with van der Waals surface area (Å²) < 4.78 is 11.3. The Kier molecular flexibility index (Phi) is 7.06. The predicted molar refractivity (Wildman–Crippen MR) is 133 cm³/mol. The molecule has 8 heteroatoms. The van der Waals surface area contributed by atoms with E-state index in [1.807, 2.05) is 26.8 Å². The number of alkyl halides is 1. The first-order valence-corrected chi connectivity index (χ1v) is 13.5. The van der Waals surface area contributed by atoms with Gasteiger partial charge in [-0.3, -0.25) is 19.2 Å². The molecule has 4 aliphatic carbocycles. The van der Waals surface area contributed by atoms with Crippen molar-refractivity contribution in [2.24, 2.45) is 34.5 Å². The van der Waals surface area contributed by atoms with Crippen LogP contribution in [0.5, 0.6) is 0 Å². The van der Waals surface area contributed by atoms with E-state index in [-0.39, 0.29) is 54.1 Å². The Morgan fingerprint density at radius 2 is 1.83 bits per heavy atom. The number of Topliss-reactive ketones (excluding diaryl/α,β-unsaturated/α-hetero) is 1. The number of fused-ring (bicyclic) bond motifs is 5. The molecule has 0 bridgehead atoms. The van der Waals surface area contributed by atoms with Crippen molar-refractivity contribution in [3.05, 3.63) is 23.8 Å². The van der Waals surface area contributed by atoms with Crippen molar-refractivity contribution in [2.75, 3.05) is 6.61 Å². The van der Waals surface area contributed by atoms with Crippen molar-refractivity contribution < 1.29 is 33.8 Å². The van der Waals surface area contributed by atoms with Crippen LogP contribution in [0, 0.1) is 34.5 Å². The average Bonchev–Trinajstić information content (AvgIpc) is 3.04. The van der Waals surface area contributed by atoms with Crippen LogP contribution in [0.15, 0.2) is 23.8 Å². The second kappa shape index (κ2) is 9.39. The second-order valence-electron chi connectivity index (χ2n) is 11.4. The fourth-order valence-electron chi connectivity index (χ4n) is 8.04. The first-order chi connectivity index (χ1) is 16.9. The molecule has 3 fully saturated rings. The highest BCUT2D eigenvalue weighted by Gasteiger charge is 2.73. The van der Waals surface area contributed by atoms with Crippen molar-refractivity contribution in [1.82, 2.24) is 0 Å². The zero-order chi connectivity index (χ0) is 26.6. The van der Waals surface area contributed by atoms with Crippen molar-refractivity contribution in [3.8, 4) is 0 Å². The van der Waals surface area contributed by atoms with Gasteiger partial charge in [-0.2, -0.15) is 0 Å². The van der Waals surface area contributed by atoms with E-state index < -0.39 is 46.9 Å². The number of esters is 2. The van der Waals surface area contributed by atoms with Gasteiger partial charge in [0.15, 0.2) is 18.0 Å². The maximum Gasteiger partial charge on any atom is 0.306 e. The minimum atomic E-state index is -1.54. The molecule has 0 aromatic carbocycles. The van der Waals surface area contributed by atoms with Gasteiger partial charge in [0.25, 0.3) is 0 Å². The van der Waals surface area contributed by atoms with Crippen LogP contribution >= 0.6 is 11.6 Å². The molecule has 0 amide bonds. The Balaban J connectivity index is 1.79. The summed E-state index contributed by atoms with van der Waals surface area (Å²) in [6, 6.07) is 0. The van der Waals surface area contributed by atoms with Gasteiger partial charge in [0.05, 0.1) is 6.10 Å². The third-order valence-corrected chi connectivity index (χ3v) is 10.1. The Bertz CT molecular complexity index is 1030. The van der Waals surface area contributed by atoms with Crippen LogP contribution in [-0.2, 0) is 28.7 Å². The van der Waals surface area contributed by atoms with Gasteiger partial charge in [0.2, 0.25) is 5.78 Å². The lowest BCUT2D eigenvalue weighted by Crippen LogP contribution is -2.65. The summed E-state index contributed by atoms with van der Waals surface area (Å²) in [7, 11) is 0. The minimum absolute atomic E-state index is 0.0767. The highest BCUT2D eigenvalue weighted by Crippen LogP contribution is 2.69. The molecule has 0 aromatic rings. The Morgan fingerprint density at radius 1 is 1.17 bits per heavy atom. The number of ether oxygens (including phenoxy) is 2. The van der Waals surface area contributed by atoms with E-state index in [4.69, 9.17) is 21.1 Å². The quantitative estimate of drug-likeness (QED) is 0.417. The molecule has 0 spiro atoms. The molecule has 0 saturated heterocycles. The molecule has 9 atom stereocenters. The number of halogens is 1. The second-order valence-corrected chi connectivity index (χ2v) is 12.0. The molecule has 7 unspecified atom stereocenters. The van der Waals surface area contributed by atoms with Gasteiger partial charge in [0, 0.05) is 40.9 Å². The third kappa shape index (κ3) is 3.80. The van der Waals surface area contributed by atoms with Crippen LogP contribution in [0.4, 0.5) is 0 Å². The standard InChI is InChI=1S/C28H37ClO7/c1-6-22(33)35-14-21(32)28(36-23(34)7-2)15(3)10-18-24-19(29)12-16-11-17(30)8-9-26(16,4)25(24)20(31)13-27(18,28)5/h8-9,11,15,18-20,24-25,31H,6-7,10,12-14H2,1-5H3/t15?,18?,19?,20?,24?,25?,26-,27+,28?/m1/s1. The van der Waals surface area contributed by atoms with E-state index in [0.717, 1.165) is 5.57 Å². The summed E-state index contributed by atoms with van der Waals surface area (Å²) >= 11 is 7.04. The van der Waals surface area contributed by atoms with E-state index in [1.165, 1.54) is 0 Å². The lowest BCUT2D eigenvalue weighted by molar-refractivity contribution is -0.205. The molecule has 198 valence electrons. The van der Waals surface area contributed by atoms with Crippen molar-refractivity contribution in [3.63, 3.8) is 0 Å². The van der Waals surface area contributed by atoms with E-state index in [0.29, 0.717) is 12.8 Å². The largest absolute Gasteiger partial charge is 0.457 e. The molecule has 0 aliphatic heterocycles. The predicted octanol–water partition coefficient (Wildman–Crippen LogP) is 3.94. The maximum atomic E-state index is 13.9. The average molecular weight is 521 g/mol. The van der Waals surface area contributed by atoms with Gasteiger partial charge in [0.1, 0.15) is 0 Å². The molecule has 0 radical (unpaired) electrons. The van der Waals surface area contributed by atoms with Crippen LogP contribution in [-0.4, -0.2) is 52.3 Å². The van der Waals surface area contributed by atoms with E-state index in [9.17, 15) is 24.3 Å². The van der Waals surface area contributed by atoms with E-state index >= 15 is 0 Å². The summed E-state index contributed by atoms with van der Waals surface area (Å²) in [5.41, 5.74) is -2.06. The number of aliphatic hydroxyl groups is 1. The Morgan fingerprint density at radius 3 is 2.47 bits per heavy atom. The molecule has 0 aromatic heterocycles. The molecule has 3 saturated carbocycles. The van der Waals surface area contributed by atoms with Crippen LogP contribution in [0.1, 0.15) is 66.7 Å². The number of rotatable bonds is 6. The van der Waals surface area contributed by atoms with Crippen molar-refractivity contribution >= 4 is 35.1 Å². The fraction of sp³-hybridized carbons (Fsp3) is 0.714. The number of allylic oxidation sites excluding steroid dienone is 4. The molecule has 7 nitrogen and oxygen atoms in total. The topological polar surface area (TPSA) is 107 Å². The highest BCUT2D eigenvalue weighted by atomic mass is 35.5. The number of ketones is 2. The summed E-state index contributed by atoms with van der Waals surface area (Å²) in [6.07, 6.45) is 5.79. The van der Waals surface area contributed by atoms with E-state index in [2.05, 4.69) is 0 Å². The first kappa shape index (κ1) is 27.1. The Hall–Kier alpha value is -1.99. The van der Waals surface area contributed by atoms with Crippen molar-refractivity contribution in [1.29, 1.82) is 0 Å². The van der Waals surface area contributed by atoms with Gasteiger partial charge in [-0.25, -0.2) is 0 Å². The SMILES string of the molecule is CCC(=O)OCC(=O)C1(OC(=O)CC)C(C)CC2C3C(Cl)CC4=CC(=O)C=C[C@@]4(C)C3C(O)C[C@@]21C. The highest BCUT2D eigenvalue weighted by molar-refractivity contribution is 6.21. The normalized spacial score (nSPS) is 43.1. The zero-order valence-corrected chi connectivity index (χ0v) is 22.5. The lowest BCUT2D eigenvalue weighted by Gasteiger charge is -2.61. The number of hydrogen-bond donors (Lipinski definition) is 1. The molecular formula is C28H37ClO7. The minimum Gasteiger partial charge on any atom is -0.457 e. The first-order valence-electron chi connectivity index (χ1n) is 13.0. The van der Waals surface area contributed by atoms with Crippen LogP contribution in [0.25, 0.3) is 0 Å². The molecular weight excluding hydrogens is 484 g/mol.